The van der Waals surface area contributed by atoms with Crippen molar-refractivity contribution in [2.75, 3.05) is 54.8 Å². The molecule has 2 N–H and O–H groups in total. The molecule has 7 nitrogen and oxygen atoms in total. The van der Waals surface area contributed by atoms with Crippen molar-refractivity contribution in [1.29, 1.82) is 10.5 Å². The second-order valence-electron chi connectivity index (χ2n) is 11.0. The maximum atomic E-state index is 13.6. The number of hydrogen-bond acceptors (Lipinski definition) is 6. The van der Waals surface area contributed by atoms with Crippen molar-refractivity contribution < 1.29 is 4.79 Å². The van der Waals surface area contributed by atoms with Gasteiger partial charge in [0.25, 0.3) is 5.91 Å². The fraction of sp³-hybridized carbons (Fsp3) is 0.364. The van der Waals surface area contributed by atoms with Crippen LogP contribution in [-0.2, 0) is 6.42 Å². The van der Waals surface area contributed by atoms with E-state index in [1.54, 1.807) is 6.07 Å². The largest absolute Gasteiger partial charge is 0.399 e. The molecule has 0 atom stereocenters. The van der Waals surface area contributed by atoms with Gasteiger partial charge in [0, 0.05) is 50.5 Å². The second-order valence-corrected chi connectivity index (χ2v) is 11.0. The molecule has 0 saturated carbocycles. The molecular weight excluding hydrogens is 496 g/mol. The summed E-state index contributed by atoms with van der Waals surface area (Å²) in [5.74, 6) is 0.623. The maximum absolute atomic E-state index is 13.6. The molecule has 2 aliphatic rings. The third-order valence-electron chi connectivity index (χ3n) is 8.45. The van der Waals surface area contributed by atoms with Crippen LogP contribution in [0.25, 0.3) is 0 Å². The number of piperazine rings is 1. The number of nitrogens with two attached hydrogens (primary N) is 1. The molecule has 3 aromatic rings. The molecule has 0 aliphatic carbocycles. The summed E-state index contributed by atoms with van der Waals surface area (Å²) in [5.41, 5.74) is 14.0. The van der Waals surface area contributed by atoms with Gasteiger partial charge in [0.1, 0.15) is 12.1 Å². The fourth-order valence-electron chi connectivity index (χ4n) is 6.12. The van der Waals surface area contributed by atoms with E-state index in [0.717, 1.165) is 54.9 Å². The van der Waals surface area contributed by atoms with E-state index in [9.17, 15) is 15.3 Å². The molecule has 0 aromatic heterocycles. The summed E-state index contributed by atoms with van der Waals surface area (Å²) in [4.78, 5) is 20.1. The molecule has 7 heteroatoms. The highest BCUT2D eigenvalue weighted by Crippen LogP contribution is 2.31. The molecule has 0 radical (unpaired) electrons. The number of nitrogen functional groups attached to an aromatic ring is 1. The zero-order valence-corrected chi connectivity index (χ0v) is 23.4. The summed E-state index contributed by atoms with van der Waals surface area (Å²) < 4.78 is 0. The van der Waals surface area contributed by atoms with Crippen molar-refractivity contribution in [3.05, 3.63) is 88.0 Å². The third kappa shape index (κ3) is 5.60. The second kappa shape index (κ2) is 11.7. The molecule has 2 fully saturated rings. The van der Waals surface area contributed by atoms with Crippen molar-refractivity contribution in [2.24, 2.45) is 5.92 Å². The minimum Gasteiger partial charge on any atom is -0.399 e. The van der Waals surface area contributed by atoms with E-state index >= 15 is 0 Å². The van der Waals surface area contributed by atoms with Gasteiger partial charge in [-0.15, -0.1) is 0 Å². The van der Waals surface area contributed by atoms with Crippen LogP contribution in [0.1, 0.15) is 51.0 Å². The van der Waals surface area contributed by atoms with Crippen molar-refractivity contribution in [3.63, 3.8) is 0 Å². The minimum absolute atomic E-state index is 0.0918. The van der Waals surface area contributed by atoms with Crippen molar-refractivity contribution in [1.82, 2.24) is 4.90 Å². The standard InChI is InChI=1S/C33H36N6O/c1-23-17-24(2)30(33(40)39-15-13-38(14-16-39)31-6-4-3-5-26(31)21-34)20-27(23)18-25-9-11-37(12-10-25)32-8-7-29(36)19-28(32)22-35/h3-8,17,19-20,25H,9-16,18,36H2,1-2H3. The van der Waals surface area contributed by atoms with Gasteiger partial charge in [-0.2, -0.15) is 10.5 Å². The van der Waals surface area contributed by atoms with Crippen LogP contribution in [0.4, 0.5) is 17.1 Å². The molecule has 2 saturated heterocycles. The number of piperidine rings is 1. The topological polar surface area (TPSA) is 100 Å². The zero-order valence-electron chi connectivity index (χ0n) is 23.4. The summed E-state index contributed by atoms with van der Waals surface area (Å²) in [5, 5.41) is 19.0. The number of aryl methyl sites for hydroxylation is 2. The lowest BCUT2D eigenvalue weighted by Crippen LogP contribution is -2.49. The lowest BCUT2D eigenvalue weighted by molar-refractivity contribution is 0.0746. The molecule has 2 heterocycles. The van der Waals surface area contributed by atoms with E-state index in [1.807, 2.05) is 48.2 Å². The van der Waals surface area contributed by atoms with Gasteiger partial charge in [0.05, 0.1) is 22.5 Å². The first-order valence-electron chi connectivity index (χ1n) is 14.1. The number of nitrogens with zero attached hydrogens (tertiary/aromatic N) is 5. The van der Waals surface area contributed by atoms with Gasteiger partial charge in [-0.05, 0) is 92.1 Å². The van der Waals surface area contributed by atoms with Crippen LogP contribution in [0.3, 0.4) is 0 Å². The average molecular weight is 533 g/mol. The summed E-state index contributed by atoms with van der Waals surface area (Å²) in [6.45, 7) is 8.67. The molecule has 40 heavy (non-hydrogen) atoms. The van der Waals surface area contributed by atoms with Crippen LogP contribution >= 0.6 is 0 Å². The highest BCUT2D eigenvalue weighted by atomic mass is 16.2. The van der Waals surface area contributed by atoms with E-state index in [-0.39, 0.29) is 5.91 Å². The number of carbonyl (C=O) groups excluding carboxylic acids is 1. The molecular formula is C33H36N6O. The first-order valence-corrected chi connectivity index (χ1v) is 14.1. The molecule has 204 valence electrons. The zero-order chi connectivity index (χ0) is 28.2. The first kappa shape index (κ1) is 27.1. The van der Waals surface area contributed by atoms with Crippen molar-refractivity contribution in [3.8, 4) is 12.1 Å². The molecule has 0 bridgehead atoms. The summed E-state index contributed by atoms with van der Waals surface area (Å²) in [6.07, 6.45) is 3.03. The van der Waals surface area contributed by atoms with Gasteiger partial charge < -0.3 is 20.4 Å². The monoisotopic (exact) mass is 532 g/mol. The number of nitriles is 2. The molecule has 1 amide bonds. The molecule has 2 aliphatic heterocycles. The number of para-hydroxylation sites is 1. The van der Waals surface area contributed by atoms with Gasteiger partial charge in [-0.1, -0.05) is 18.2 Å². The minimum atomic E-state index is 0.0918. The number of benzene rings is 3. The van der Waals surface area contributed by atoms with E-state index in [4.69, 9.17) is 5.73 Å². The summed E-state index contributed by atoms with van der Waals surface area (Å²) >= 11 is 0. The predicted molar refractivity (Wildman–Crippen MR) is 159 cm³/mol. The molecule has 0 spiro atoms. The van der Waals surface area contributed by atoms with Crippen LogP contribution in [0.15, 0.2) is 54.6 Å². The normalized spacial score (nSPS) is 15.9. The highest BCUT2D eigenvalue weighted by Gasteiger charge is 2.26. The van der Waals surface area contributed by atoms with Gasteiger partial charge in [0.2, 0.25) is 0 Å². The third-order valence-corrected chi connectivity index (χ3v) is 8.45. The Bertz CT molecular complexity index is 1480. The number of rotatable bonds is 5. The first-order chi connectivity index (χ1) is 19.4. The Kier molecular flexibility index (Phi) is 7.94. The van der Waals surface area contributed by atoms with Crippen LogP contribution < -0.4 is 15.5 Å². The Morgan fingerprint density at radius 3 is 2.17 bits per heavy atom. The van der Waals surface area contributed by atoms with Crippen molar-refractivity contribution in [2.45, 2.75) is 33.1 Å². The lowest BCUT2D eigenvalue weighted by Gasteiger charge is -2.37. The maximum Gasteiger partial charge on any atom is 0.254 e. The van der Waals surface area contributed by atoms with E-state index in [2.05, 4.69) is 41.0 Å². The highest BCUT2D eigenvalue weighted by molar-refractivity contribution is 5.96. The number of anilines is 3. The Labute approximate surface area is 237 Å². The van der Waals surface area contributed by atoms with E-state index < -0.39 is 0 Å². The predicted octanol–water partition coefficient (Wildman–Crippen LogP) is 5.05. The molecule has 5 rings (SSSR count). The smallest absolute Gasteiger partial charge is 0.254 e. The average Bonchev–Trinajstić information content (AvgIpc) is 2.98. The van der Waals surface area contributed by atoms with Gasteiger partial charge in [-0.25, -0.2) is 0 Å². The number of hydrogen-bond donors (Lipinski definition) is 1. The van der Waals surface area contributed by atoms with Crippen molar-refractivity contribution >= 4 is 23.0 Å². The van der Waals surface area contributed by atoms with E-state index in [1.165, 1.54) is 11.1 Å². The number of carbonyl (C=O) groups is 1. The lowest BCUT2D eigenvalue weighted by atomic mass is 9.86. The van der Waals surface area contributed by atoms with E-state index in [0.29, 0.717) is 48.9 Å². The van der Waals surface area contributed by atoms with Gasteiger partial charge >= 0.3 is 0 Å². The van der Waals surface area contributed by atoms with Crippen LogP contribution in [-0.4, -0.2) is 50.1 Å². The fourth-order valence-corrected chi connectivity index (χ4v) is 6.12. The SMILES string of the molecule is Cc1cc(C)c(C(=O)N2CCN(c3ccccc3C#N)CC2)cc1CC1CCN(c2ccc(N)cc2C#N)CC1. The quantitative estimate of drug-likeness (QED) is 0.462. The Hall–Kier alpha value is -4.49. The van der Waals surface area contributed by atoms with Crippen LogP contribution in [0.5, 0.6) is 0 Å². The van der Waals surface area contributed by atoms with Gasteiger partial charge in [-0.3, -0.25) is 4.79 Å². The molecule has 0 unspecified atom stereocenters. The Morgan fingerprint density at radius 1 is 0.825 bits per heavy atom. The summed E-state index contributed by atoms with van der Waals surface area (Å²) in [7, 11) is 0. The Balaban J connectivity index is 1.23. The molecule has 3 aromatic carbocycles. The summed E-state index contributed by atoms with van der Waals surface area (Å²) in [6, 6.07) is 22.1. The van der Waals surface area contributed by atoms with Crippen LogP contribution in [0.2, 0.25) is 0 Å². The van der Waals surface area contributed by atoms with Gasteiger partial charge in [0.15, 0.2) is 0 Å². The Morgan fingerprint density at radius 2 is 1.48 bits per heavy atom. The number of amides is 1. The van der Waals surface area contributed by atoms with Crippen LogP contribution in [0, 0.1) is 42.4 Å².